The predicted molar refractivity (Wildman–Crippen MR) is 87.3 cm³/mol. The second kappa shape index (κ2) is 8.54. The lowest BCUT2D eigenvalue weighted by atomic mass is 9.92. The Labute approximate surface area is 132 Å². The zero-order chi connectivity index (χ0) is 16.6. The van der Waals surface area contributed by atoms with Gasteiger partial charge in [-0.1, -0.05) is 18.2 Å². The largest absolute Gasteiger partial charge is 0.467 e. The van der Waals surface area contributed by atoms with Crippen molar-refractivity contribution in [2.24, 2.45) is 0 Å². The fraction of sp³-hybridized carbons (Fsp3) is 0.529. The summed E-state index contributed by atoms with van der Waals surface area (Å²) in [7, 11) is 1.36. The number of hydrogen-bond donors (Lipinski definition) is 0. The molecule has 0 saturated carbocycles. The van der Waals surface area contributed by atoms with Crippen LogP contribution >= 0.6 is 0 Å². The molecular weight excluding hydrogens is 280 g/mol. The third-order valence-corrected chi connectivity index (χ3v) is 3.97. The van der Waals surface area contributed by atoms with Crippen molar-refractivity contribution < 1.29 is 14.3 Å². The molecule has 0 unspecified atom stereocenters. The Bertz CT molecular complexity index is 437. The Morgan fingerprint density at radius 2 is 1.86 bits per heavy atom. The van der Waals surface area contributed by atoms with Crippen LogP contribution in [0.5, 0.6) is 0 Å². The van der Waals surface area contributed by atoms with Crippen LogP contribution in [0.1, 0.15) is 19.3 Å². The summed E-state index contributed by atoms with van der Waals surface area (Å²) in [6.07, 6.45) is 6.98. The van der Waals surface area contributed by atoms with Crippen molar-refractivity contribution >= 4 is 11.9 Å². The normalized spacial score (nSPS) is 20.7. The maximum atomic E-state index is 12.7. The third kappa shape index (κ3) is 3.85. The number of esters is 1. The smallest absolute Gasteiger partial charge is 0.332 e. The first-order valence-electron chi connectivity index (χ1n) is 7.49. The summed E-state index contributed by atoms with van der Waals surface area (Å²) in [4.78, 5) is 28.5. The molecule has 0 radical (unpaired) electrons. The maximum absolute atomic E-state index is 12.7. The molecule has 1 fully saturated rings. The van der Waals surface area contributed by atoms with Gasteiger partial charge in [0, 0.05) is 19.6 Å². The van der Waals surface area contributed by atoms with Crippen molar-refractivity contribution in [3.05, 3.63) is 38.0 Å². The number of amides is 1. The van der Waals surface area contributed by atoms with Crippen molar-refractivity contribution in [2.75, 3.05) is 33.3 Å². The van der Waals surface area contributed by atoms with E-state index >= 15 is 0 Å². The van der Waals surface area contributed by atoms with Crippen LogP contribution in [0.25, 0.3) is 0 Å². The van der Waals surface area contributed by atoms with Gasteiger partial charge in [-0.3, -0.25) is 9.69 Å². The van der Waals surface area contributed by atoms with E-state index in [0.29, 0.717) is 32.5 Å². The van der Waals surface area contributed by atoms with Crippen molar-refractivity contribution in [3.8, 4) is 0 Å². The number of rotatable bonds is 9. The van der Waals surface area contributed by atoms with Crippen LogP contribution in [-0.2, 0) is 14.3 Å². The van der Waals surface area contributed by atoms with E-state index in [1.165, 1.54) is 7.11 Å². The topological polar surface area (TPSA) is 49.9 Å². The number of carbonyl (C=O) groups is 2. The summed E-state index contributed by atoms with van der Waals surface area (Å²) in [5.74, 6) is -0.439. The first-order valence-corrected chi connectivity index (χ1v) is 7.49. The summed E-state index contributed by atoms with van der Waals surface area (Å²) in [6, 6.07) is 0. The molecule has 5 nitrogen and oxygen atoms in total. The average Bonchev–Trinajstić information content (AvgIpc) is 2.92. The fourth-order valence-corrected chi connectivity index (χ4v) is 3.02. The lowest BCUT2D eigenvalue weighted by Gasteiger charge is -2.36. The summed E-state index contributed by atoms with van der Waals surface area (Å²) in [5.41, 5.74) is -0.901. The van der Waals surface area contributed by atoms with Crippen molar-refractivity contribution in [2.45, 2.75) is 24.8 Å². The van der Waals surface area contributed by atoms with Gasteiger partial charge in [0.15, 0.2) is 0 Å². The van der Waals surface area contributed by atoms with E-state index in [9.17, 15) is 9.59 Å². The molecule has 1 heterocycles. The molecule has 1 atom stereocenters. The fourth-order valence-electron chi connectivity index (χ4n) is 3.02. The van der Waals surface area contributed by atoms with E-state index < -0.39 is 5.54 Å². The Balaban J connectivity index is 2.92. The van der Waals surface area contributed by atoms with E-state index in [-0.39, 0.29) is 18.4 Å². The highest BCUT2D eigenvalue weighted by molar-refractivity contribution is 5.89. The van der Waals surface area contributed by atoms with Crippen LogP contribution in [0.15, 0.2) is 38.0 Å². The number of nitrogens with zero attached hydrogens (tertiary/aromatic N) is 2. The van der Waals surface area contributed by atoms with Gasteiger partial charge < -0.3 is 9.64 Å². The van der Waals surface area contributed by atoms with E-state index in [0.717, 1.165) is 6.42 Å². The summed E-state index contributed by atoms with van der Waals surface area (Å²) < 4.78 is 4.94. The molecular formula is C17H26N2O3. The molecule has 0 aromatic carbocycles. The number of hydrogen-bond acceptors (Lipinski definition) is 4. The predicted octanol–water partition coefficient (Wildman–Crippen LogP) is 1.77. The average molecular weight is 306 g/mol. The summed E-state index contributed by atoms with van der Waals surface area (Å²) in [6.45, 7) is 13.1. The molecule has 1 rings (SSSR count). The third-order valence-electron chi connectivity index (χ3n) is 3.97. The Morgan fingerprint density at radius 3 is 2.36 bits per heavy atom. The standard InChI is InChI=1S/C17H26N2O3/c1-5-9-17(16(21)22-4)10-8-13-19(17)15(20)14-18(11-6-2)12-7-3/h5-7H,1-3,8-14H2,4H3/t17-/m0/s1. The lowest BCUT2D eigenvalue weighted by molar-refractivity contribution is -0.159. The molecule has 22 heavy (non-hydrogen) atoms. The highest BCUT2D eigenvalue weighted by Gasteiger charge is 2.49. The van der Waals surface area contributed by atoms with Gasteiger partial charge in [-0.15, -0.1) is 19.7 Å². The molecule has 0 aromatic rings. The SMILES string of the molecule is C=CCN(CC=C)CC(=O)N1CCC[C@@]1(CC=C)C(=O)OC. The van der Waals surface area contributed by atoms with Crippen LogP contribution in [0, 0.1) is 0 Å². The Kier molecular flexibility index (Phi) is 7.05. The van der Waals surface area contributed by atoms with Gasteiger partial charge in [-0.05, 0) is 19.3 Å². The summed E-state index contributed by atoms with van der Waals surface area (Å²) in [5, 5.41) is 0. The minimum Gasteiger partial charge on any atom is -0.467 e. The molecule has 1 aliphatic rings. The second-order valence-electron chi connectivity index (χ2n) is 5.44. The number of ether oxygens (including phenoxy) is 1. The van der Waals surface area contributed by atoms with Crippen molar-refractivity contribution in [1.29, 1.82) is 0 Å². The van der Waals surface area contributed by atoms with Crippen LogP contribution in [0.4, 0.5) is 0 Å². The first kappa shape index (κ1) is 18.2. The second-order valence-corrected chi connectivity index (χ2v) is 5.44. The molecule has 122 valence electrons. The zero-order valence-electron chi connectivity index (χ0n) is 13.4. The highest BCUT2D eigenvalue weighted by Crippen LogP contribution is 2.34. The molecule has 1 aliphatic heterocycles. The van der Waals surface area contributed by atoms with E-state index in [2.05, 4.69) is 19.7 Å². The number of likely N-dealkylation sites (tertiary alicyclic amines) is 1. The van der Waals surface area contributed by atoms with Gasteiger partial charge in [0.2, 0.25) is 5.91 Å². The highest BCUT2D eigenvalue weighted by atomic mass is 16.5. The lowest BCUT2D eigenvalue weighted by Crippen LogP contribution is -2.55. The van der Waals surface area contributed by atoms with Gasteiger partial charge in [-0.2, -0.15) is 0 Å². The monoisotopic (exact) mass is 306 g/mol. The molecule has 0 aromatic heterocycles. The van der Waals surface area contributed by atoms with Gasteiger partial charge in [0.05, 0.1) is 13.7 Å². The van der Waals surface area contributed by atoms with Crippen LogP contribution in [0.2, 0.25) is 0 Å². The Morgan fingerprint density at radius 1 is 1.23 bits per heavy atom. The van der Waals surface area contributed by atoms with Crippen LogP contribution < -0.4 is 0 Å². The molecule has 1 saturated heterocycles. The van der Waals surface area contributed by atoms with Gasteiger partial charge in [0.25, 0.3) is 0 Å². The van der Waals surface area contributed by atoms with E-state index in [1.54, 1.807) is 23.1 Å². The van der Waals surface area contributed by atoms with Gasteiger partial charge in [-0.25, -0.2) is 4.79 Å². The summed E-state index contributed by atoms with van der Waals surface area (Å²) >= 11 is 0. The van der Waals surface area contributed by atoms with Gasteiger partial charge in [0.1, 0.15) is 5.54 Å². The molecule has 0 N–H and O–H groups in total. The van der Waals surface area contributed by atoms with Crippen LogP contribution in [-0.4, -0.2) is 60.5 Å². The molecule has 0 aliphatic carbocycles. The molecule has 5 heteroatoms. The Hall–Kier alpha value is -1.88. The van der Waals surface area contributed by atoms with Crippen LogP contribution in [0.3, 0.4) is 0 Å². The van der Waals surface area contributed by atoms with Crippen molar-refractivity contribution in [3.63, 3.8) is 0 Å². The maximum Gasteiger partial charge on any atom is 0.332 e. The first-order chi connectivity index (χ1) is 10.6. The van der Waals surface area contributed by atoms with E-state index in [1.807, 2.05) is 4.90 Å². The molecule has 1 amide bonds. The minimum absolute atomic E-state index is 0.0755. The van der Waals surface area contributed by atoms with E-state index in [4.69, 9.17) is 4.74 Å². The molecule has 0 spiro atoms. The number of carbonyl (C=O) groups excluding carboxylic acids is 2. The zero-order valence-corrected chi connectivity index (χ0v) is 13.4. The van der Waals surface area contributed by atoms with Gasteiger partial charge >= 0.3 is 5.97 Å². The van der Waals surface area contributed by atoms with Crippen molar-refractivity contribution in [1.82, 2.24) is 9.80 Å². The minimum atomic E-state index is -0.901. The quantitative estimate of drug-likeness (QED) is 0.481. The molecule has 0 bridgehead atoms. The number of methoxy groups -OCH3 is 1.